The summed E-state index contributed by atoms with van der Waals surface area (Å²) < 4.78 is 5.38. The van der Waals surface area contributed by atoms with Crippen LogP contribution in [-0.4, -0.2) is 38.1 Å². The molecule has 0 bridgehead atoms. The van der Waals surface area contributed by atoms with Gasteiger partial charge in [-0.25, -0.2) is 0 Å². The number of benzene rings is 1. The van der Waals surface area contributed by atoms with Crippen molar-refractivity contribution < 1.29 is 14.3 Å². The molecular formula is C19H28ClN3O3. The lowest BCUT2D eigenvalue weighted by atomic mass is 10.0. The van der Waals surface area contributed by atoms with Gasteiger partial charge < -0.3 is 20.7 Å². The number of rotatable bonds is 5. The van der Waals surface area contributed by atoms with Gasteiger partial charge in [-0.05, 0) is 49.9 Å². The van der Waals surface area contributed by atoms with Gasteiger partial charge in [0.1, 0.15) is 5.75 Å². The zero-order chi connectivity index (χ0) is 18.0. The quantitative estimate of drug-likeness (QED) is 0.817. The summed E-state index contributed by atoms with van der Waals surface area (Å²) in [4.78, 5) is 26.8. The average Bonchev–Trinajstić information content (AvgIpc) is 3.20. The summed E-state index contributed by atoms with van der Waals surface area (Å²) in [6, 6.07) is 5.88. The van der Waals surface area contributed by atoms with Gasteiger partial charge in [0.2, 0.25) is 11.8 Å². The number of nitrogens with zero attached hydrogens (tertiary/aromatic N) is 1. The number of hydrogen-bond acceptors (Lipinski definition) is 4. The van der Waals surface area contributed by atoms with E-state index in [1.165, 1.54) is 0 Å². The van der Waals surface area contributed by atoms with Gasteiger partial charge in [-0.3, -0.25) is 9.59 Å². The van der Waals surface area contributed by atoms with Crippen LogP contribution >= 0.6 is 12.4 Å². The first kappa shape index (κ1) is 20.5. The molecule has 1 saturated heterocycles. The van der Waals surface area contributed by atoms with Crippen LogP contribution in [0.2, 0.25) is 0 Å². The van der Waals surface area contributed by atoms with E-state index in [4.69, 9.17) is 10.5 Å². The molecule has 1 aromatic carbocycles. The van der Waals surface area contributed by atoms with E-state index in [2.05, 4.69) is 5.32 Å². The molecule has 3 unspecified atom stereocenters. The summed E-state index contributed by atoms with van der Waals surface area (Å²) in [5, 5.41) is 3.13. The van der Waals surface area contributed by atoms with Crippen molar-refractivity contribution in [3.63, 3.8) is 0 Å². The van der Waals surface area contributed by atoms with Gasteiger partial charge in [-0.2, -0.15) is 0 Å². The number of nitrogens with two attached hydrogens (primary N) is 1. The monoisotopic (exact) mass is 381 g/mol. The molecule has 144 valence electrons. The first-order chi connectivity index (χ1) is 12.0. The largest absolute Gasteiger partial charge is 0.495 e. The number of ether oxygens (including phenoxy) is 1. The van der Waals surface area contributed by atoms with Gasteiger partial charge in [-0.1, -0.05) is 12.5 Å². The number of nitrogens with one attached hydrogen (secondary N) is 1. The first-order valence-electron chi connectivity index (χ1n) is 8.99. The van der Waals surface area contributed by atoms with Crippen LogP contribution in [-0.2, 0) is 9.59 Å². The Hall–Kier alpha value is -1.79. The lowest BCUT2D eigenvalue weighted by Crippen LogP contribution is -2.43. The smallest absolute Gasteiger partial charge is 0.227 e. The minimum absolute atomic E-state index is 0. The van der Waals surface area contributed by atoms with Crippen molar-refractivity contribution in [2.45, 2.75) is 38.6 Å². The Kier molecular flexibility index (Phi) is 6.89. The molecular weight excluding hydrogens is 354 g/mol. The molecule has 2 aliphatic rings. The van der Waals surface area contributed by atoms with E-state index in [-0.39, 0.29) is 42.6 Å². The lowest BCUT2D eigenvalue weighted by Gasteiger charge is -2.22. The van der Waals surface area contributed by atoms with Crippen LogP contribution in [0.15, 0.2) is 18.2 Å². The molecule has 0 spiro atoms. The van der Waals surface area contributed by atoms with E-state index in [0.717, 1.165) is 30.5 Å². The summed E-state index contributed by atoms with van der Waals surface area (Å²) in [6.45, 7) is 2.96. The second-order valence-corrected chi connectivity index (χ2v) is 7.12. The molecule has 2 fully saturated rings. The molecule has 1 heterocycles. The highest BCUT2D eigenvalue weighted by Crippen LogP contribution is 2.34. The molecule has 3 rings (SSSR count). The maximum absolute atomic E-state index is 12.6. The van der Waals surface area contributed by atoms with Crippen molar-refractivity contribution >= 4 is 29.9 Å². The van der Waals surface area contributed by atoms with Crippen molar-refractivity contribution in [1.29, 1.82) is 0 Å². The maximum atomic E-state index is 12.6. The standard InChI is InChI=1S/C19H27N3O3.ClH/c1-12-6-7-17(25-2)16(8-12)22-11-14(9-18(22)23)19(24)21-15-5-3-4-13(15)10-20;/h6-8,13-15H,3-5,9-11,20H2,1-2H3,(H,21,24);1H. The van der Waals surface area contributed by atoms with E-state index >= 15 is 0 Å². The molecule has 6 nitrogen and oxygen atoms in total. The summed E-state index contributed by atoms with van der Waals surface area (Å²) >= 11 is 0. The number of carbonyl (C=O) groups is 2. The summed E-state index contributed by atoms with van der Waals surface area (Å²) in [7, 11) is 1.59. The Morgan fingerprint density at radius 1 is 1.38 bits per heavy atom. The third kappa shape index (κ3) is 4.13. The van der Waals surface area contributed by atoms with E-state index < -0.39 is 0 Å². The highest BCUT2D eigenvalue weighted by atomic mass is 35.5. The van der Waals surface area contributed by atoms with E-state index in [1.807, 2.05) is 25.1 Å². The van der Waals surface area contributed by atoms with Gasteiger partial charge in [-0.15, -0.1) is 12.4 Å². The molecule has 26 heavy (non-hydrogen) atoms. The van der Waals surface area contributed by atoms with Gasteiger partial charge in [0.25, 0.3) is 0 Å². The summed E-state index contributed by atoms with van der Waals surface area (Å²) in [5.41, 5.74) is 7.58. The van der Waals surface area contributed by atoms with Crippen LogP contribution in [0.25, 0.3) is 0 Å². The van der Waals surface area contributed by atoms with Crippen molar-refractivity contribution in [2.75, 3.05) is 25.1 Å². The topological polar surface area (TPSA) is 84.7 Å². The van der Waals surface area contributed by atoms with Crippen LogP contribution in [0.4, 0.5) is 5.69 Å². The van der Waals surface area contributed by atoms with E-state index in [1.54, 1.807) is 12.0 Å². The number of aryl methyl sites for hydroxylation is 1. The number of halogens is 1. The molecule has 3 N–H and O–H groups in total. The van der Waals surface area contributed by atoms with Crippen molar-refractivity contribution in [3.05, 3.63) is 23.8 Å². The Morgan fingerprint density at radius 3 is 2.85 bits per heavy atom. The van der Waals surface area contributed by atoms with Crippen LogP contribution in [0.3, 0.4) is 0 Å². The second-order valence-electron chi connectivity index (χ2n) is 7.12. The molecule has 0 aromatic heterocycles. The number of anilines is 1. The van der Waals surface area contributed by atoms with E-state index in [9.17, 15) is 9.59 Å². The number of hydrogen-bond donors (Lipinski definition) is 2. The second kappa shape index (κ2) is 8.73. The minimum Gasteiger partial charge on any atom is -0.495 e. The SMILES string of the molecule is COc1ccc(C)cc1N1CC(C(=O)NC2CCCC2CN)CC1=O.Cl. The molecule has 3 atom stereocenters. The van der Waals surface area contributed by atoms with Crippen LogP contribution in [0.5, 0.6) is 5.75 Å². The summed E-state index contributed by atoms with van der Waals surface area (Å²) in [6.07, 6.45) is 3.38. The fourth-order valence-electron chi connectivity index (χ4n) is 3.94. The van der Waals surface area contributed by atoms with Gasteiger partial charge in [0, 0.05) is 19.0 Å². The molecule has 1 aliphatic heterocycles. The molecule has 1 aliphatic carbocycles. The van der Waals surface area contributed by atoms with Crippen molar-refractivity contribution in [3.8, 4) is 5.75 Å². The normalized spacial score (nSPS) is 25.1. The maximum Gasteiger partial charge on any atom is 0.227 e. The summed E-state index contributed by atoms with van der Waals surface area (Å²) in [5.74, 6) is 0.614. The van der Waals surface area contributed by atoms with Crippen molar-refractivity contribution in [2.24, 2.45) is 17.6 Å². The van der Waals surface area contributed by atoms with Gasteiger partial charge in [0.05, 0.1) is 18.7 Å². The minimum atomic E-state index is -0.322. The molecule has 2 amide bonds. The molecule has 7 heteroatoms. The Labute approximate surface area is 160 Å². The fourth-order valence-corrected chi connectivity index (χ4v) is 3.94. The predicted molar refractivity (Wildman–Crippen MR) is 104 cm³/mol. The molecule has 0 radical (unpaired) electrons. The average molecular weight is 382 g/mol. The first-order valence-corrected chi connectivity index (χ1v) is 8.99. The van der Waals surface area contributed by atoms with E-state index in [0.29, 0.717) is 24.8 Å². The fraction of sp³-hybridized carbons (Fsp3) is 0.579. The number of methoxy groups -OCH3 is 1. The Morgan fingerprint density at radius 2 is 2.15 bits per heavy atom. The number of carbonyl (C=O) groups excluding carboxylic acids is 2. The Balaban J connectivity index is 0.00000243. The third-order valence-corrected chi connectivity index (χ3v) is 5.41. The third-order valence-electron chi connectivity index (χ3n) is 5.41. The predicted octanol–water partition coefficient (Wildman–Crippen LogP) is 2.02. The lowest BCUT2D eigenvalue weighted by molar-refractivity contribution is -0.127. The van der Waals surface area contributed by atoms with Gasteiger partial charge in [0.15, 0.2) is 0 Å². The van der Waals surface area contributed by atoms with Gasteiger partial charge >= 0.3 is 0 Å². The van der Waals surface area contributed by atoms with Crippen LogP contribution in [0.1, 0.15) is 31.2 Å². The van der Waals surface area contributed by atoms with Crippen LogP contribution in [0, 0.1) is 18.8 Å². The molecule has 1 aromatic rings. The highest BCUT2D eigenvalue weighted by molar-refractivity contribution is 6.01. The zero-order valence-electron chi connectivity index (χ0n) is 15.4. The Bertz CT molecular complexity index is 667. The number of amides is 2. The van der Waals surface area contributed by atoms with Crippen LogP contribution < -0.4 is 20.7 Å². The zero-order valence-corrected chi connectivity index (χ0v) is 16.2. The highest BCUT2D eigenvalue weighted by Gasteiger charge is 2.38. The molecule has 1 saturated carbocycles. The van der Waals surface area contributed by atoms with Crippen molar-refractivity contribution in [1.82, 2.24) is 5.32 Å².